The van der Waals surface area contributed by atoms with Gasteiger partial charge in [-0.05, 0) is 30.3 Å². The lowest BCUT2D eigenvalue weighted by molar-refractivity contribution is -0.118. The minimum Gasteiger partial charge on any atom is -0.453 e. The molecule has 1 heterocycles. The quantitative estimate of drug-likeness (QED) is 0.866. The van der Waals surface area contributed by atoms with Crippen LogP contribution in [0.4, 0.5) is 5.69 Å². The molecule has 0 aliphatic heterocycles. The summed E-state index contributed by atoms with van der Waals surface area (Å²) in [6.07, 6.45) is 0.627. The summed E-state index contributed by atoms with van der Waals surface area (Å²) in [5.74, 6) is 0.524. The van der Waals surface area contributed by atoms with E-state index in [4.69, 9.17) is 16.0 Å². The number of carbonyl (C=O) groups is 2. The molecule has 1 aromatic carbocycles. The second-order valence-corrected chi connectivity index (χ2v) is 5.07. The summed E-state index contributed by atoms with van der Waals surface area (Å²) in [4.78, 5) is 22.3. The van der Waals surface area contributed by atoms with E-state index in [1.54, 1.807) is 30.3 Å². The van der Waals surface area contributed by atoms with Crippen molar-refractivity contribution in [1.29, 1.82) is 0 Å². The SMILES string of the molecule is CC(C)C(=O)Nc1ccc(Cl)c(-c2ccc(C=O)o2)c1. The van der Waals surface area contributed by atoms with Gasteiger partial charge in [0.05, 0.1) is 5.02 Å². The van der Waals surface area contributed by atoms with Gasteiger partial charge in [-0.25, -0.2) is 0 Å². The maximum Gasteiger partial charge on any atom is 0.226 e. The molecule has 0 spiro atoms. The van der Waals surface area contributed by atoms with Crippen molar-refractivity contribution in [1.82, 2.24) is 0 Å². The number of carbonyl (C=O) groups excluding carboxylic acids is 2. The third kappa shape index (κ3) is 3.08. The molecular weight excluding hydrogens is 278 g/mol. The van der Waals surface area contributed by atoms with E-state index < -0.39 is 0 Å². The Hall–Kier alpha value is -2.07. The lowest BCUT2D eigenvalue weighted by atomic mass is 10.1. The average Bonchev–Trinajstić information content (AvgIpc) is 2.89. The lowest BCUT2D eigenvalue weighted by Crippen LogP contribution is -2.17. The highest BCUT2D eigenvalue weighted by molar-refractivity contribution is 6.33. The van der Waals surface area contributed by atoms with Gasteiger partial charge in [0.2, 0.25) is 5.91 Å². The maximum atomic E-state index is 11.7. The first kappa shape index (κ1) is 14.3. The molecule has 104 valence electrons. The van der Waals surface area contributed by atoms with E-state index in [0.717, 1.165) is 0 Å². The molecule has 1 amide bonds. The van der Waals surface area contributed by atoms with Crippen LogP contribution in [0, 0.1) is 5.92 Å². The summed E-state index contributed by atoms with van der Waals surface area (Å²) < 4.78 is 5.34. The molecule has 1 aromatic heterocycles. The second-order valence-electron chi connectivity index (χ2n) is 4.66. The average molecular weight is 292 g/mol. The van der Waals surface area contributed by atoms with Gasteiger partial charge < -0.3 is 9.73 Å². The lowest BCUT2D eigenvalue weighted by Gasteiger charge is -2.09. The molecule has 0 aliphatic carbocycles. The van der Waals surface area contributed by atoms with Crippen molar-refractivity contribution in [2.45, 2.75) is 13.8 Å². The molecule has 2 rings (SSSR count). The molecule has 0 saturated heterocycles. The standard InChI is InChI=1S/C15H14ClNO3/c1-9(2)15(19)17-10-3-5-13(16)12(7-10)14-6-4-11(8-18)20-14/h3-9H,1-2H3,(H,17,19). The van der Waals surface area contributed by atoms with Crippen molar-refractivity contribution < 1.29 is 14.0 Å². The van der Waals surface area contributed by atoms with E-state index in [0.29, 0.717) is 28.3 Å². The Morgan fingerprint density at radius 3 is 2.65 bits per heavy atom. The van der Waals surface area contributed by atoms with Gasteiger partial charge >= 0.3 is 0 Å². The molecular formula is C15H14ClNO3. The minimum atomic E-state index is -0.112. The van der Waals surface area contributed by atoms with Crippen molar-refractivity contribution in [2.24, 2.45) is 5.92 Å². The van der Waals surface area contributed by atoms with Crippen molar-refractivity contribution in [3.8, 4) is 11.3 Å². The molecule has 0 radical (unpaired) electrons. The van der Waals surface area contributed by atoms with Crippen LogP contribution in [0.3, 0.4) is 0 Å². The first-order chi connectivity index (χ1) is 9.51. The Labute approximate surface area is 121 Å². The third-order valence-corrected chi connectivity index (χ3v) is 3.10. The second kappa shape index (κ2) is 5.92. The number of aldehydes is 1. The fourth-order valence-corrected chi connectivity index (χ4v) is 1.85. The summed E-state index contributed by atoms with van der Waals surface area (Å²) >= 11 is 6.12. The summed E-state index contributed by atoms with van der Waals surface area (Å²) in [5.41, 5.74) is 1.26. The summed E-state index contributed by atoms with van der Waals surface area (Å²) in [6.45, 7) is 3.63. The zero-order chi connectivity index (χ0) is 14.7. The van der Waals surface area contributed by atoms with Gasteiger partial charge in [-0.3, -0.25) is 9.59 Å². The molecule has 0 bridgehead atoms. The van der Waals surface area contributed by atoms with Crippen LogP contribution in [-0.4, -0.2) is 12.2 Å². The van der Waals surface area contributed by atoms with Crippen molar-refractivity contribution in [3.05, 3.63) is 41.1 Å². The Bertz CT molecular complexity index is 646. The molecule has 1 N–H and O–H groups in total. The first-order valence-electron chi connectivity index (χ1n) is 6.17. The monoisotopic (exact) mass is 291 g/mol. The third-order valence-electron chi connectivity index (χ3n) is 2.77. The predicted octanol–water partition coefficient (Wildman–Crippen LogP) is 4.01. The van der Waals surface area contributed by atoms with Crippen LogP contribution in [0.2, 0.25) is 5.02 Å². The fraction of sp³-hybridized carbons (Fsp3) is 0.200. The molecule has 0 atom stereocenters. The van der Waals surface area contributed by atoms with Crippen LogP contribution in [0.15, 0.2) is 34.7 Å². The number of anilines is 1. The van der Waals surface area contributed by atoms with Crippen LogP contribution in [0.25, 0.3) is 11.3 Å². The Kier molecular flexibility index (Phi) is 4.25. The highest BCUT2D eigenvalue weighted by Gasteiger charge is 2.12. The number of amides is 1. The number of benzene rings is 1. The van der Waals surface area contributed by atoms with E-state index in [9.17, 15) is 9.59 Å². The maximum absolute atomic E-state index is 11.7. The Morgan fingerprint density at radius 2 is 2.05 bits per heavy atom. The van der Waals surface area contributed by atoms with Gasteiger partial charge in [-0.15, -0.1) is 0 Å². The summed E-state index contributed by atoms with van der Waals surface area (Å²) in [5, 5.41) is 3.28. The Balaban J connectivity index is 2.33. The van der Waals surface area contributed by atoms with Gasteiger partial charge in [-0.2, -0.15) is 0 Å². The number of hydrogen-bond acceptors (Lipinski definition) is 3. The Morgan fingerprint density at radius 1 is 1.30 bits per heavy atom. The largest absolute Gasteiger partial charge is 0.453 e. The number of hydrogen-bond donors (Lipinski definition) is 1. The van der Waals surface area contributed by atoms with E-state index in [1.165, 1.54) is 0 Å². The van der Waals surface area contributed by atoms with Crippen LogP contribution in [0.1, 0.15) is 24.4 Å². The minimum absolute atomic E-state index is 0.0775. The summed E-state index contributed by atoms with van der Waals surface area (Å²) in [7, 11) is 0. The van der Waals surface area contributed by atoms with E-state index in [-0.39, 0.29) is 17.6 Å². The zero-order valence-corrected chi connectivity index (χ0v) is 11.9. The zero-order valence-electron chi connectivity index (χ0n) is 11.1. The van der Waals surface area contributed by atoms with Crippen molar-refractivity contribution in [2.75, 3.05) is 5.32 Å². The smallest absolute Gasteiger partial charge is 0.226 e. The van der Waals surface area contributed by atoms with Gasteiger partial charge in [0.25, 0.3) is 0 Å². The molecule has 0 saturated carbocycles. The molecule has 0 unspecified atom stereocenters. The van der Waals surface area contributed by atoms with E-state index in [1.807, 2.05) is 13.8 Å². The molecule has 2 aromatic rings. The van der Waals surface area contributed by atoms with Crippen LogP contribution in [-0.2, 0) is 4.79 Å². The van der Waals surface area contributed by atoms with Crippen LogP contribution in [0.5, 0.6) is 0 Å². The van der Waals surface area contributed by atoms with Crippen LogP contribution < -0.4 is 5.32 Å². The van der Waals surface area contributed by atoms with Gasteiger partial charge in [-0.1, -0.05) is 25.4 Å². The molecule has 20 heavy (non-hydrogen) atoms. The van der Waals surface area contributed by atoms with Crippen LogP contribution >= 0.6 is 11.6 Å². The van der Waals surface area contributed by atoms with Gasteiger partial charge in [0.1, 0.15) is 5.76 Å². The normalized spacial score (nSPS) is 10.6. The summed E-state index contributed by atoms with van der Waals surface area (Å²) in [6, 6.07) is 8.35. The molecule has 0 aliphatic rings. The molecule has 4 nitrogen and oxygen atoms in total. The number of nitrogens with one attached hydrogen (secondary N) is 1. The highest BCUT2D eigenvalue weighted by atomic mass is 35.5. The molecule has 0 fully saturated rings. The highest BCUT2D eigenvalue weighted by Crippen LogP contribution is 2.31. The van der Waals surface area contributed by atoms with E-state index in [2.05, 4.69) is 5.32 Å². The fourth-order valence-electron chi connectivity index (χ4n) is 1.64. The number of rotatable bonds is 4. The first-order valence-corrected chi connectivity index (χ1v) is 6.55. The van der Waals surface area contributed by atoms with Crippen molar-refractivity contribution in [3.63, 3.8) is 0 Å². The molecule has 5 heteroatoms. The topological polar surface area (TPSA) is 59.3 Å². The van der Waals surface area contributed by atoms with Gasteiger partial charge in [0, 0.05) is 17.2 Å². The number of furan rings is 1. The van der Waals surface area contributed by atoms with Gasteiger partial charge in [0.15, 0.2) is 12.0 Å². The van der Waals surface area contributed by atoms with Crippen molar-refractivity contribution >= 4 is 29.5 Å². The number of halogens is 1. The predicted molar refractivity (Wildman–Crippen MR) is 78.0 cm³/mol. The van der Waals surface area contributed by atoms with E-state index >= 15 is 0 Å².